The van der Waals surface area contributed by atoms with Gasteiger partial charge in [0, 0.05) is 10.1 Å². The van der Waals surface area contributed by atoms with Crippen molar-refractivity contribution in [3.8, 4) is 0 Å². The van der Waals surface area contributed by atoms with E-state index < -0.39 is 0 Å². The zero-order valence-electron chi connectivity index (χ0n) is 10.0. The Bertz CT molecular complexity index is 352. The first-order valence-electron chi connectivity index (χ1n) is 5.39. The molecule has 1 nitrogen and oxygen atoms in total. The van der Waals surface area contributed by atoms with Crippen LogP contribution in [0.25, 0.3) is 0 Å². The van der Waals surface area contributed by atoms with Crippen LogP contribution in [-0.2, 0) is 11.2 Å². The van der Waals surface area contributed by atoms with Crippen LogP contribution in [0.2, 0.25) is 0 Å². The molecule has 1 unspecified atom stereocenters. The van der Waals surface area contributed by atoms with Crippen LogP contribution >= 0.6 is 23.1 Å². The summed E-state index contributed by atoms with van der Waals surface area (Å²) in [5.74, 6) is 0.496. The van der Waals surface area contributed by atoms with Gasteiger partial charge in [-0.3, -0.25) is 4.79 Å². The number of hydrogen-bond acceptors (Lipinski definition) is 3. The van der Waals surface area contributed by atoms with Gasteiger partial charge in [0.15, 0.2) is 0 Å². The zero-order valence-corrected chi connectivity index (χ0v) is 11.7. The van der Waals surface area contributed by atoms with Gasteiger partial charge in [-0.15, -0.1) is 11.3 Å². The quantitative estimate of drug-likeness (QED) is 0.734. The van der Waals surface area contributed by atoms with Gasteiger partial charge in [0.25, 0.3) is 0 Å². The van der Waals surface area contributed by atoms with E-state index in [-0.39, 0.29) is 5.12 Å². The van der Waals surface area contributed by atoms with Crippen molar-refractivity contribution in [1.82, 2.24) is 0 Å². The second-order valence-corrected chi connectivity index (χ2v) is 6.50. The number of carbonyl (C=O) groups is 1. The van der Waals surface area contributed by atoms with Crippen molar-refractivity contribution in [2.45, 2.75) is 32.4 Å². The van der Waals surface area contributed by atoms with Crippen molar-refractivity contribution in [3.63, 3.8) is 0 Å². The minimum atomic E-state index is 0.121. The predicted molar refractivity (Wildman–Crippen MR) is 74.1 cm³/mol. The molecular formula is C13H18OS2. The average molecular weight is 254 g/mol. The molecule has 0 aliphatic heterocycles. The Morgan fingerprint density at radius 3 is 2.69 bits per heavy atom. The summed E-state index contributed by atoms with van der Waals surface area (Å²) >= 11 is 3.18. The standard InChI is InChI=1S/C13H18OS2/c1-9(2)12(16-13(14)10(3)4)8-11-6-5-7-15-11/h5-7,9,12H,3,8H2,1-2,4H3. The third-order valence-electron chi connectivity index (χ3n) is 2.33. The van der Waals surface area contributed by atoms with E-state index in [4.69, 9.17) is 0 Å². The van der Waals surface area contributed by atoms with E-state index in [1.54, 1.807) is 18.3 Å². The van der Waals surface area contributed by atoms with Gasteiger partial charge < -0.3 is 0 Å². The molecule has 88 valence electrons. The minimum absolute atomic E-state index is 0.121. The maximum absolute atomic E-state index is 11.7. The Labute approximate surface area is 106 Å². The van der Waals surface area contributed by atoms with E-state index in [1.165, 1.54) is 16.6 Å². The molecule has 0 radical (unpaired) electrons. The number of carbonyl (C=O) groups excluding carboxylic acids is 1. The molecule has 0 N–H and O–H groups in total. The smallest absolute Gasteiger partial charge is 0.214 e. The van der Waals surface area contributed by atoms with Crippen LogP contribution < -0.4 is 0 Å². The molecule has 1 aromatic heterocycles. The van der Waals surface area contributed by atoms with E-state index in [9.17, 15) is 4.79 Å². The first-order chi connectivity index (χ1) is 7.50. The molecule has 1 atom stereocenters. The molecule has 1 aromatic rings. The van der Waals surface area contributed by atoms with Gasteiger partial charge in [0.1, 0.15) is 0 Å². The van der Waals surface area contributed by atoms with Gasteiger partial charge in [-0.1, -0.05) is 38.3 Å². The van der Waals surface area contributed by atoms with E-state index >= 15 is 0 Å². The van der Waals surface area contributed by atoms with Crippen LogP contribution in [0.15, 0.2) is 29.7 Å². The van der Waals surface area contributed by atoms with Gasteiger partial charge in [-0.2, -0.15) is 0 Å². The van der Waals surface area contributed by atoms with E-state index in [0.717, 1.165) is 6.42 Å². The van der Waals surface area contributed by atoms with Crippen molar-refractivity contribution in [1.29, 1.82) is 0 Å². The van der Waals surface area contributed by atoms with Gasteiger partial charge >= 0.3 is 0 Å². The maximum Gasteiger partial charge on any atom is 0.214 e. The number of thiophene rings is 1. The van der Waals surface area contributed by atoms with Gasteiger partial charge in [0.05, 0.1) is 0 Å². The van der Waals surface area contributed by atoms with Crippen LogP contribution in [0.5, 0.6) is 0 Å². The highest BCUT2D eigenvalue weighted by Gasteiger charge is 2.19. The predicted octanol–water partition coefficient (Wildman–Crippen LogP) is 4.15. The molecular weight excluding hydrogens is 236 g/mol. The normalized spacial score (nSPS) is 12.8. The number of rotatable bonds is 5. The molecule has 1 rings (SSSR count). The molecule has 0 spiro atoms. The lowest BCUT2D eigenvalue weighted by molar-refractivity contribution is -0.107. The Hall–Kier alpha value is -0.540. The van der Waals surface area contributed by atoms with Crippen LogP contribution in [0.3, 0.4) is 0 Å². The number of hydrogen-bond donors (Lipinski definition) is 0. The third-order valence-corrected chi connectivity index (χ3v) is 4.81. The Kier molecular flexibility index (Phi) is 5.29. The maximum atomic E-state index is 11.7. The average Bonchev–Trinajstić information content (AvgIpc) is 2.68. The molecule has 0 aromatic carbocycles. The highest BCUT2D eigenvalue weighted by Crippen LogP contribution is 2.27. The van der Waals surface area contributed by atoms with Crippen molar-refractivity contribution in [2.24, 2.45) is 5.92 Å². The highest BCUT2D eigenvalue weighted by molar-refractivity contribution is 8.14. The van der Waals surface area contributed by atoms with Crippen LogP contribution in [0, 0.1) is 5.92 Å². The molecule has 0 aliphatic carbocycles. The van der Waals surface area contributed by atoms with Crippen LogP contribution in [0.1, 0.15) is 25.6 Å². The second kappa shape index (κ2) is 6.26. The summed E-state index contributed by atoms with van der Waals surface area (Å²) in [6.07, 6.45) is 0.971. The van der Waals surface area contributed by atoms with E-state index in [0.29, 0.717) is 16.7 Å². The van der Waals surface area contributed by atoms with Gasteiger partial charge in [-0.05, 0) is 36.3 Å². The Morgan fingerprint density at radius 2 is 2.25 bits per heavy atom. The SMILES string of the molecule is C=C(C)C(=O)SC(Cc1cccs1)C(C)C. The first-order valence-corrected chi connectivity index (χ1v) is 7.15. The van der Waals surface area contributed by atoms with Crippen LogP contribution in [0.4, 0.5) is 0 Å². The van der Waals surface area contributed by atoms with Gasteiger partial charge in [0.2, 0.25) is 5.12 Å². The summed E-state index contributed by atoms with van der Waals surface area (Å²) < 4.78 is 0. The van der Waals surface area contributed by atoms with Crippen molar-refractivity contribution in [2.75, 3.05) is 0 Å². The largest absolute Gasteiger partial charge is 0.282 e. The lowest BCUT2D eigenvalue weighted by Crippen LogP contribution is -2.16. The lowest BCUT2D eigenvalue weighted by Gasteiger charge is -2.18. The fraction of sp³-hybridized carbons (Fsp3) is 0.462. The highest BCUT2D eigenvalue weighted by atomic mass is 32.2. The van der Waals surface area contributed by atoms with Gasteiger partial charge in [-0.25, -0.2) is 0 Å². The van der Waals surface area contributed by atoms with Crippen molar-refractivity contribution < 1.29 is 4.79 Å². The molecule has 16 heavy (non-hydrogen) atoms. The number of thioether (sulfide) groups is 1. The van der Waals surface area contributed by atoms with Crippen molar-refractivity contribution >= 4 is 28.2 Å². The Morgan fingerprint density at radius 1 is 1.56 bits per heavy atom. The fourth-order valence-electron chi connectivity index (χ4n) is 1.28. The summed E-state index contributed by atoms with van der Waals surface area (Å²) in [6, 6.07) is 4.19. The molecule has 1 heterocycles. The molecule has 3 heteroatoms. The van der Waals surface area contributed by atoms with Crippen LogP contribution in [-0.4, -0.2) is 10.4 Å². The fourth-order valence-corrected chi connectivity index (χ4v) is 3.16. The summed E-state index contributed by atoms with van der Waals surface area (Å²) in [5, 5.41) is 2.55. The molecule has 0 bridgehead atoms. The molecule has 0 amide bonds. The molecule has 0 fully saturated rings. The molecule has 0 saturated heterocycles. The third kappa shape index (κ3) is 4.14. The topological polar surface area (TPSA) is 17.1 Å². The Balaban J connectivity index is 2.61. The van der Waals surface area contributed by atoms with Crippen molar-refractivity contribution in [3.05, 3.63) is 34.5 Å². The second-order valence-electron chi connectivity index (χ2n) is 4.25. The summed E-state index contributed by atoms with van der Waals surface area (Å²) in [7, 11) is 0. The summed E-state index contributed by atoms with van der Waals surface area (Å²) in [5.41, 5.74) is 0.641. The minimum Gasteiger partial charge on any atom is -0.282 e. The lowest BCUT2D eigenvalue weighted by atomic mass is 10.1. The molecule has 0 saturated carbocycles. The monoisotopic (exact) mass is 254 g/mol. The van der Waals surface area contributed by atoms with E-state index in [2.05, 4.69) is 37.9 Å². The first kappa shape index (κ1) is 13.5. The molecule has 0 aliphatic rings. The summed E-state index contributed by atoms with van der Waals surface area (Å²) in [6.45, 7) is 9.80. The van der Waals surface area contributed by atoms with E-state index in [1.807, 2.05) is 0 Å². The summed E-state index contributed by atoms with van der Waals surface area (Å²) in [4.78, 5) is 13.0. The zero-order chi connectivity index (χ0) is 12.1.